The summed E-state index contributed by atoms with van der Waals surface area (Å²) in [7, 11) is 0. The molecular formula is C85H146O5. The molecule has 0 aromatic heterocycles. The van der Waals surface area contributed by atoms with Gasteiger partial charge in [0.1, 0.15) is 6.61 Å². The Labute approximate surface area is 559 Å². The Morgan fingerprint density at radius 2 is 0.478 bits per heavy atom. The highest BCUT2D eigenvalue weighted by molar-refractivity contribution is 5.70. The molecule has 0 radical (unpaired) electrons. The molecule has 0 aliphatic carbocycles. The third kappa shape index (κ3) is 76.5. The first-order valence-corrected chi connectivity index (χ1v) is 38.7. The Bertz CT molecular complexity index is 1800. The van der Waals surface area contributed by atoms with Crippen molar-refractivity contribution in [3.63, 3.8) is 0 Å². The molecule has 1 N–H and O–H groups in total. The van der Waals surface area contributed by atoms with Crippen LogP contribution in [0.25, 0.3) is 0 Å². The number of hydrogen-bond donors (Lipinski definition) is 1. The van der Waals surface area contributed by atoms with E-state index in [4.69, 9.17) is 9.47 Å². The summed E-state index contributed by atoms with van der Waals surface area (Å²) in [6.07, 6.45) is 118. The average molecular weight is 1250 g/mol. The van der Waals surface area contributed by atoms with Crippen molar-refractivity contribution in [2.24, 2.45) is 0 Å². The van der Waals surface area contributed by atoms with Crippen LogP contribution in [-0.2, 0) is 19.1 Å². The lowest BCUT2D eigenvalue weighted by atomic mass is 10.0. The van der Waals surface area contributed by atoms with Gasteiger partial charge in [-0.1, -0.05) is 379 Å². The van der Waals surface area contributed by atoms with Crippen LogP contribution in [0.5, 0.6) is 0 Å². The third-order valence-electron chi connectivity index (χ3n) is 16.9. The Morgan fingerprint density at radius 3 is 0.733 bits per heavy atom. The highest BCUT2D eigenvalue weighted by atomic mass is 16.6. The summed E-state index contributed by atoms with van der Waals surface area (Å²) in [6.45, 7) is 4.05. The molecule has 90 heavy (non-hydrogen) atoms. The minimum absolute atomic E-state index is 0.0757. The number of unbranched alkanes of at least 4 members (excludes halogenated alkanes) is 41. The van der Waals surface area contributed by atoms with Crippen molar-refractivity contribution in [3.8, 4) is 0 Å². The van der Waals surface area contributed by atoms with Crippen LogP contribution in [0.4, 0.5) is 0 Å². The van der Waals surface area contributed by atoms with E-state index in [-0.39, 0.29) is 25.2 Å². The third-order valence-corrected chi connectivity index (χ3v) is 16.9. The van der Waals surface area contributed by atoms with Crippen molar-refractivity contribution in [3.05, 3.63) is 134 Å². The van der Waals surface area contributed by atoms with Crippen LogP contribution >= 0.6 is 0 Å². The average Bonchev–Trinajstić information content (AvgIpc) is 3.62. The predicted molar refractivity (Wildman–Crippen MR) is 398 cm³/mol. The maximum Gasteiger partial charge on any atom is 0.306 e. The van der Waals surface area contributed by atoms with E-state index in [1.54, 1.807) is 0 Å². The number of esters is 2. The van der Waals surface area contributed by atoms with Crippen LogP contribution in [0.3, 0.4) is 0 Å². The van der Waals surface area contributed by atoms with Crippen molar-refractivity contribution >= 4 is 11.9 Å². The van der Waals surface area contributed by atoms with Crippen LogP contribution in [0.2, 0.25) is 0 Å². The molecule has 0 aliphatic rings. The van der Waals surface area contributed by atoms with E-state index in [0.717, 1.165) is 109 Å². The van der Waals surface area contributed by atoms with E-state index in [2.05, 4.69) is 148 Å². The largest absolute Gasteiger partial charge is 0.462 e. The molecule has 0 saturated carbocycles. The highest BCUT2D eigenvalue weighted by Gasteiger charge is 2.16. The summed E-state index contributed by atoms with van der Waals surface area (Å²) in [4.78, 5) is 24.7. The second-order valence-electron chi connectivity index (χ2n) is 25.7. The zero-order valence-electron chi connectivity index (χ0n) is 59.4. The van der Waals surface area contributed by atoms with Gasteiger partial charge in [0.25, 0.3) is 0 Å². The highest BCUT2D eigenvalue weighted by Crippen LogP contribution is 2.18. The molecular weight excluding hydrogens is 1100 g/mol. The van der Waals surface area contributed by atoms with E-state index in [9.17, 15) is 14.7 Å². The van der Waals surface area contributed by atoms with Gasteiger partial charge < -0.3 is 14.6 Å². The molecule has 516 valence electrons. The Hall–Kier alpha value is -3.96. The lowest BCUT2D eigenvalue weighted by Gasteiger charge is -2.15. The standard InChI is InChI=1S/C85H146O5/c1-3-5-7-9-11-13-15-17-19-21-23-25-27-29-31-33-35-37-39-41-42-44-45-47-49-51-53-55-57-59-61-63-65-67-69-71-73-75-77-79-84(87)89-82-83(81-86)90-85(88)80-78-76-74-72-70-68-66-64-62-60-58-56-54-52-50-48-46-43-40-38-36-34-32-30-28-26-24-22-20-18-16-14-12-10-8-6-4-2/h6,8,12,14,18,20-21,23-24,26,30,32,36,38,43,46,50,52,56,58,62,64,83,86H,3-5,7,9-11,13,15-17,19,22,25,27-29,31,33-35,37,39-42,44-45,47-49,51,53-55,57,59-61,63,65-82H2,1-2H3/b8-6-,14-12-,20-18-,23-21-,26-24-,32-30-,38-36-,46-43-,52-50-,58-56-,64-62-. The van der Waals surface area contributed by atoms with Gasteiger partial charge in [0, 0.05) is 12.8 Å². The monoisotopic (exact) mass is 1250 g/mol. The quantitative estimate of drug-likeness (QED) is 0.0373. The summed E-state index contributed by atoms with van der Waals surface area (Å²) in [6, 6.07) is 0. The number of rotatable bonds is 71. The maximum absolute atomic E-state index is 12.4. The number of aliphatic hydroxyl groups excluding tert-OH is 1. The van der Waals surface area contributed by atoms with Gasteiger partial charge in [0.15, 0.2) is 6.10 Å². The molecule has 1 unspecified atom stereocenters. The van der Waals surface area contributed by atoms with Gasteiger partial charge in [-0.05, 0) is 116 Å². The first kappa shape index (κ1) is 86.0. The second-order valence-corrected chi connectivity index (χ2v) is 25.7. The molecule has 0 aliphatic heterocycles. The normalized spacial score (nSPS) is 13.0. The van der Waals surface area contributed by atoms with E-state index in [0.29, 0.717) is 12.8 Å². The number of allylic oxidation sites excluding steroid dienone is 22. The lowest BCUT2D eigenvalue weighted by molar-refractivity contribution is -0.161. The van der Waals surface area contributed by atoms with Gasteiger partial charge in [-0.15, -0.1) is 0 Å². The van der Waals surface area contributed by atoms with Crippen LogP contribution in [0, 0.1) is 0 Å². The molecule has 5 heteroatoms. The van der Waals surface area contributed by atoms with Gasteiger partial charge in [-0.2, -0.15) is 0 Å². The minimum atomic E-state index is -0.790. The molecule has 0 bridgehead atoms. The van der Waals surface area contributed by atoms with Crippen molar-refractivity contribution in [2.45, 2.75) is 380 Å². The summed E-state index contributed by atoms with van der Waals surface area (Å²) in [5.74, 6) is -0.600. The van der Waals surface area contributed by atoms with Gasteiger partial charge in [-0.3, -0.25) is 9.59 Å². The van der Waals surface area contributed by atoms with Crippen LogP contribution in [0.15, 0.2) is 134 Å². The smallest absolute Gasteiger partial charge is 0.306 e. The summed E-state index contributed by atoms with van der Waals surface area (Å²) in [5, 5.41) is 9.72. The SMILES string of the molecule is CC/C=C\C/C=C\C/C=C\C/C=C\C/C=C\C/C=C\C/C=C\C/C=C\C/C=C\C/C=C\CCCCCCCCC(=O)OC(CO)COC(=O)CCCCCCCCCCCCCCCCCCCCCCCCCCCCC/C=C\CCCCCCCCCC. The molecule has 0 heterocycles. The fourth-order valence-electron chi connectivity index (χ4n) is 11.2. The first-order chi connectivity index (χ1) is 44.6. The Morgan fingerprint density at radius 1 is 0.267 bits per heavy atom. The molecule has 5 nitrogen and oxygen atoms in total. The van der Waals surface area contributed by atoms with Gasteiger partial charge in [0.2, 0.25) is 0 Å². The molecule has 1 atom stereocenters. The molecule has 0 rings (SSSR count). The van der Waals surface area contributed by atoms with E-state index in [1.165, 1.54) is 238 Å². The van der Waals surface area contributed by atoms with Gasteiger partial charge in [0.05, 0.1) is 6.61 Å². The summed E-state index contributed by atoms with van der Waals surface area (Å²) >= 11 is 0. The lowest BCUT2D eigenvalue weighted by Crippen LogP contribution is -2.28. The van der Waals surface area contributed by atoms with Crippen LogP contribution in [0.1, 0.15) is 373 Å². The van der Waals surface area contributed by atoms with Crippen LogP contribution < -0.4 is 0 Å². The van der Waals surface area contributed by atoms with Gasteiger partial charge >= 0.3 is 11.9 Å². The van der Waals surface area contributed by atoms with E-state index < -0.39 is 6.10 Å². The molecule has 0 spiro atoms. The maximum atomic E-state index is 12.4. The van der Waals surface area contributed by atoms with Crippen molar-refractivity contribution in [2.75, 3.05) is 13.2 Å². The fraction of sp³-hybridized carbons (Fsp3) is 0.718. The number of carbonyl (C=O) groups is 2. The van der Waals surface area contributed by atoms with Gasteiger partial charge in [-0.25, -0.2) is 0 Å². The van der Waals surface area contributed by atoms with E-state index >= 15 is 0 Å². The molecule has 0 fully saturated rings. The Balaban J connectivity index is 3.49. The zero-order valence-corrected chi connectivity index (χ0v) is 59.4. The van der Waals surface area contributed by atoms with Crippen molar-refractivity contribution in [1.29, 1.82) is 0 Å². The number of carbonyl (C=O) groups excluding carboxylic acids is 2. The molecule has 0 amide bonds. The predicted octanol–water partition coefficient (Wildman–Crippen LogP) is 27.4. The van der Waals surface area contributed by atoms with E-state index in [1.807, 2.05) is 0 Å². The topological polar surface area (TPSA) is 72.8 Å². The van der Waals surface area contributed by atoms with Crippen molar-refractivity contribution < 1.29 is 24.2 Å². The number of hydrogen-bond acceptors (Lipinski definition) is 5. The first-order valence-electron chi connectivity index (χ1n) is 38.7. The number of ether oxygens (including phenoxy) is 2. The van der Waals surface area contributed by atoms with Crippen LogP contribution in [-0.4, -0.2) is 36.4 Å². The molecule has 0 aromatic carbocycles. The fourth-order valence-corrected chi connectivity index (χ4v) is 11.2. The molecule has 0 saturated heterocycles. The summed E-state index contributed by atoms with van der Waals surface area (Å²) < 4.78 is 10.8. The summed E-state index contributed by atoms with van der Waals surface area (Å²) in [5.41, 5.74) is 0. The van der Waals surface area contributed by atoms with Crippen molar-refractivity contribution in [1.82, 2.24) is 0 Å². The Kier molecular flexibility index (Phi) is 75.8. The molecule has 0 aromatic rings. The zero-order chi connectivity index (χ0) is 64.7. The number of aliphatic hydroxyl groups is 1. The minimum Gasteiger partial charge on any atom is -0.462 e. The second kappa shape index (κ2) is 79.3.